The number of hydrogen-bond acceptors (Lipinski definition) is 4. The van der Waals surface area contributed by atoms with Crippen LogP contribution in [0.25, 0.3) is 10.4 Å². The second-order valence-corrected chi connectivity index (χ2v) is 4.64. The molecule has 3 aliphatic rings. The van der Waals surface area contributed by atoms with Gasteiger partial charge in [0, 0.05) is 18.0 Å². The zero-order valence-corrected chi connectivity index (χ0v) is 9.60. The number of hydrogen-bond donors (Lipinski definition) is 0. The van der Waals surface area contributed by atoms with E-state index in [1.54, 1.807) is 0 Å². The third-order valence-corrected chi connectivity index (χ3v) is 3.70. The first kappa shape index (κ1) is 11.3. The van der Waals surface area contributed by atoms with Gasteiger partial charge in [-0.25, -0.2) is 0 Å². The zero-order chi connectivity index (χ0) is 12.7. The molecule has 0 aromatic heterocycles. The fourth-order valence-electron chi connectivity index (χ4n) is 2.93. The van der Waals surface area contributed by atoms with Crippen molar-refractivity contribution < 1.29 is 14.3 Å². The summed E-state index contributed by atoms with van der Waals surface area (Å²) in [5.41, 5.74) is 8.16. The number of fused-ring (bicyclic) bond motifs is 5. The molecule has 0 saturated carbocycles. The lowest BCUT2D eigenvalue weighted by atomic mass is 9.85. The van der Waals surface area contributed by atoms with E-state index in [4.69, 9.17) is 10.3 Å². The van der Waals surface area contributed by atoms with Gasteiger partial charge >= 0.3 is 0 Å². The second kappa shape index (κ2) is 4.12. The average molecular weight is 248 g/mol. The molecule has 3 heterocycles. The van der Waals surface area contributed by atoms with Crippen molar-refractivity contribution in [3.63, 3.8) is 0 Å². The predicted octanol–water partition coefficient (Wildman–Crippen LogP) is 0.625. The summed E-state index contributed by atoms with van der Waals surface area (Å²) < 4.78 is 5.53. The Balaban J connectivity index is 1.70. The highest BCUT2D eigenvalue weighted by atomic mass is 16.5. The van der Waals surface area contributed by atoms with Crippen LogP contribution in [0.3, 0.4) is 0 Å². The minimum Gasteiger partial charge on any atom is -0.365 e. The van der Waals surface area contributed by atoms with Crippen molar-refractivity contribution in [3.8, 4) is 0 Å². The van der Waals surface area contributed by atoms with Gasteiger partial charge in [0.05, 0.1) is 24.0 Å². The first-order valence-corrected chi connectivity index (χ1v) is 5.94. The largest absolute Gasteiger partial charge is 0.365 e. The van der Waals surface area contributed by atoms with E-state index in [9.17, 15) is 9.59 Å². The SMILES string of the molecule is [N-]=[N+]=NCCCN1C(=O)[C@@H]2[C@H](C1=O)[C@@H]1C=C[C@H]2O1. The van der Waals surface area contributed by atoms with E-state index >= 15 is 0 Å². The van der Waals surface area contributed by atoms with Gasteiger partial charge in [-0.1, -0.05) is 17.3 Å². The Morgan fingerprint density at radius 2 is 1.89 bits per heavy atom. The topological polar surface area (TPSA) is 95.4 Å². The summed E-state index contributed by atoms with van der Waals surface area (Å²) in [5, 5.41) is 3.39. The quantitative estimate of drug-likeness (QED) is 0.182. The normalized spacial score (nSPS) is 36.1. The van der Waals surface area contributed by atoms with Gasteiger partial charge in [-0.3, -0.25) is 14.5 Å². The molecule has 2 bridgehead atoms. The third kappa shape index (κ3) is 1.45. The number of azide groups is 1. The molecule has 7 nitrogen and oxygen atoms in total. The van der Waals surface area contributed by atoms with Crippen molar-refractivity contribution >= 4 is 11.8 Å². The summed E-state index contributed by atoms with van der Waals surface area (Å²) in [5.74, 6) is -0.982. The zero-order valence-electron chi connectivity index (χ0n) is 9.60. The lowest BCUT2D eigenvalue weighted by Gasteiger charge is -2.16. The number of rotatable bonds is 4. The molecule has 0 N–H and O–H groups in total. The highest BCUT2D eigenvalue weighted by Gasteiger charge is 2.60. The van der Waals surface area contributed by atoms with Crippen LogP contribution in [0.4, 0.5) is 0 Å². The first-order valence-electron chi connectivity index (χ1n) is 5.94. The smallest absolute Gasteiger partial charge is 0.236 e. The van der Waals surface area contributed by atoms with E-state index in [1.807, 2.05) is 12.2 Å². The monoisotopic (exact) mass is 248 g/mol. The van der Waals surface area contributed by atoms with Crippen LogP contribution in [0.1, 0.15) is 6.42 Å². The van der Waals surface area contributed by atoms with Crippen molar-refractivity contribution in [1.82, 2.24) is 4.90 Å². The predicted molar refractivity (Wildman–Crippen MR) is 60.1 cm³/mol. The van der Waals surface area contributed by atoms with E-state index in [0.29, 0.717) is 19.5 Å². The van der Waals surface area contributed by atoms with E-state index in [-0.39, 0.29) is 35.9 Å². The summed E-state index contributed by atoms with van der Waals surface area (Å²) in [7, 11) is 0. The second-order valence-electron chi connectivity index (χ2n) is 4.64. The summed E-state index contributed by atoms with van der Waals surface area (Å²) in [6, 6.07) is 0. The molecule has 2 fully saturated rings. The van der Waals surface area contributed by atoms with Crippen molar-refractivity contribution in [2.75, 3.05) is 13.1 Å². The molecule has 2 saturated heterocycles. The molecule has 0 unspecified atom stereocenters. The molecule has 2 amide bonds. The molecule has 7 heteroatoms. The molecule has 0 aromatic carbocycles. The van der Waals surface area contributed by atoms with Crippen molar-refractivity contribution in [2.24, 2.45) is 17.0 Å². The molecule has 18 heavy (non-hydrogen) atoms. The number of imide groups is 1. The van der Waals surface area contributed by atoms with Gasteiger partial charge in [0.1, 0.15) is 0 Å². The van der Waals surface area contributed by atoms with Crippen LogP contribution in [-0.4, -0.2) is 42.0 Å². The van der Waals surface area contributed by atoms with Gasteiger partial charge in [-0.05, 0) is 12.0 Å². The minimum atomic E-state index is -0.341. The fraction of sp³-hybridized carbons (Fsp3) is 0.636. The third-order valence-electron chi connectivity index (χ3n) is 3.70. The number of likely N-dealkylation sites (tertiary alicyclic amines) is 1. The molecule has 0 aromatic rings. The Morgan fingerprint density at radius 3 is 2.44 bits per heavy atom. The van der Waals surface area contributed by atoms with Crippen LogP contribution in [-0.2, 0) is 14.3 Å². The minimum absolute atomic E-state index is 0.150. The Kier molecular flexibility index (Phi) is 2.57. The maximum atomic E-state index is 12.1. The lowest BCUT2D eigenvalue weighted by Crippen LogP contribution is -2.35. The number of amides is 2. The molecule has 94 valence electrons. The van der Waals surface area contributed by atoms with Crippen LogP contribution in [0.2, 0.25) is 0 Å². The molecular formula is C11H12N4O3. The molecule has 0 spiro atoms. The van der Waals surface area contributed by atoms with Crippen LogP contribution < -0.4 is 0 Å². The standard InChI is InChI=1S/C11H12N4O3/c12-14-13-4-1-5-15-10(16)8-6-2-3-7(18-6)9(8)11(15)17/h2-3,6-9H,1,4-5H2/t6-,7+,8+,9-. The van der Waals surface area contributed by atoms with E-state index in [0.717, 1.165) is 0 Å². The molecule has 3 rings (SSSR count). The van der Waals surface area contributed by atoms with Crippen molar-refractivity contribution in [2.45, 2.75) is 18.6 Å². The fourth-order valence-corrected chi connectivity index (χ4v) is 2.93. The number of carbonyl (C=O) groups excluding carboxylic acids is 2. The molecule has 4 atom stereocenters. The average Bonchev–Trinajstić information content (AvgIpc) is 3.02. The van der Waals surface area contributed by atoms with Gasteiger partial charge < -0.3 is 4.74 Å². The van der Waals surface area contributed by atoms with Crippen molar-refractivity contribution in [1.29, 1.82) is 0 Å². The van der Waals surface area contributed by atoms with Gasteiger partial charge in [-0.15, -0.1) is 0 Å². The van der Waals surface area contributed by atoms with Crippen LogP contribution in [0.5, 0.6) is 0 Å². The van der Waals surface area contributed by atoms with Gasteiger partial charge in [-0.2, -0.15) is 0 Å². The number of carbonyl (C=O) groups is 2. The van der Waals surface area contributed by atoms with Crippen LogP contribution >= 0.6 is 0 Å². The Hall–Kier alpha value is -1.85. The van der Waals surface area contributed by atoms with Crippen molar-refractivity contribution in [3.05, 3.63) is 22.6 Å². The van der Waals surface area contributed by atoms with E-state index in [2.05, 4.69) is 10.0 Å². The first-order chi connectivity index (χ1) is 8.74. The summed E-state index contributed by atoms with van der Waals surface area (Å²) in [4.78, 5) is 28.2. The molecular weight excluding hydrogens is 236 g/mol. The van der Waals surface area contributed by atoms with Crippen LogP contribution in [0, 0.1) is 11.8 Å². The van der Waals surface area contributed by atoms with Gasteiger partial charge in [0.15, 0.2) is 0 Å². The summed E-state index contributed by atoms with van der Waals surface area (Å²) in [6.07, 6.45) is 3.75. The molecule has 0 aliphatic carbocycles. The highest BCUT2D eigenvalue weighted by Crippen LogP contribution is 2.44. The maximum Gasteiger partial charge on any atom is 0.236 e. The van der Waals surface area contributed by atoms with Gasteiger partial charge in [0.25, 0.3) is 0 Å². The van der Waals surface area contributed by atoms with Crippen LogP contribution in [0.15, 0.2) is 17.3 Å². The molecule has 0 radical (unpaired) electrons. The summed E-state index contributed by atoms with van der Waals surface area (Å²) in [6.45, 7) is 0.619. The Morgan fingerprint density at radius 1 is 1.28 bits per heavy atom. The molecule has 3 aliphatic heterocycles. The van der Waals surface area contributed by atoms with E-state index < -0.39 is 0 Å². The summed E-state index contributed by atoms with van der Waals surface area (Å²) >= 11 is 0. The van der Waals surface area contributed by atoms with Gasteiger partial charge in [0.2, 0.25) is 11.8 Å². The number of ether oxygens (including phenoxy) is 1. The Bertz CT molecular complexity index is 453. The van der Waals surface area contributed by atoms with E-state index in [1.165, 1.54) is 4.90 Å². The maximum absolute atomic E-state index is 12.1. The number of nitrogens with zero attached hydrogens (tertiary/aromatic N) is 4. The lowest BCUT2D eigenvalue weighted by molar-refractivity contribution is -0.142. The Labute approximate surface area is 103 Å². The highest BCUT2D eigenvalue weighted by molar-refractivity contribution is 6.06.